The number of H-pyrrole nitrogens is 1. The first-order chi connectivity index (χ1) is 23.0. The predicted octanol–water partition coefficient (Wildman–Crippen LogP) is 7.11. The number of hydrogen-bond donors (Lipinski definition) is 3. The monoisotopic (exact) mass is 684 g/mol. The third-order valence-corrected chi connectivity index (χ3v) is 7.23. The molecule has 0 amide bonds. The minimum Gasteiger partial charge on any atom is -1.00 e. The van der Waals surface area contributed by atoms with Crippen molar-refractivity contribution in [2.75, 3.05) is 10.6 Å². The van der Waals surface area contributed by atoms with E-state index in [-0.39, 0.29) is 31.0 Å². The summed E-state index contributed by atoms with van der Waals surface area (Å²) in [6, 6.07) is 41.1. The molecule has 0 saturated heterocycles. The van der Waals surface area contributed by atoms with Gasteiger partial charge in [0.1, 0.15) is 11.6 Å². The molecule has 0 bridgehead atoms. The number of rotatable bonds is 5. The number of nitrogens with one attached hydrogen (secondary N) is 3. The number of hydrogen-bond acceptors (Lipinski definition) is 6. The van der Waals surface area contributed by atoms with Gasteiger partial charge in [-0.1, -0.05) is 71.7 Å². The zero-order valence-corrected chi connectivity index (χ0v) is 29.2. The normalized spacial score (nSPS) is 10.2. The van der Waals surface area contributed by atoms with Gasteiger partial charge in [-0.05, 0) is 84.9 Å². The van der Waals surface area contributed by atoms with Crippen molar-refractivity contribution in [2.45, 2.75) is 0 Å². The molecule has 8 nitrogen and oxygen atoms in total. The third kappa shape index (κ3) is 9.41. The maximum absolute atomic E-state index is 12.8. The molecule has 0 aliphatic rings. The van der Waals surface area contributed by atoms with Gasteiger partial charge in [0, 0.05) is 32.2 Å². The molecular formula is C36H28Cl2FN8Na. The third-order valence-electron chi connectivity index (χ3n) is 6.73. The van der Waals surface area contributed by atoms with Crippen LogP contribution in [0.3, 0.4) is 0 Å². The maximum Gasteiger partial charge on any atom is 1.00 e. The van der Waals surface area contributed by atoms with Gasteiger partial charge in [0.15, 0.2) is 5.82 Å². The molecule has 0 fully saturated rings. The van der Waals surface area contributed by atoms with Gasteiger partial charge in [-0.3, -0.25) is 5.10 Å². The molecular weight excluding hydrogens is 657 g/mol. The summed E-state index contributed by atoms with van der Waals surface area (Å²) in [5.41, 5.74) is 3.88. The van der Waals surface area contributed by atoms with Crippen LogP contribution in [0.4, 0.5) is 27.4 Å². The number of para-hydroxylation sites is 2. The second kappa shape index (κ2) is 16.9. The van der Waals surface area contributed by atoms with Crippen molar-refractivity contribution in [1.29, 1.82) is 0 Å². The maximum atomic E-state index is 12.8. The number of nitrogens with zero attached hydrogens (tertiary/aromatic N) is 5. The smallest absolute Gasteiger partial charge is 1.00 e. The second-order valence-electron chi connectivity index (χ2n) is 10.1. The molecule has 8 aromatic rings. The SMILES string of the molecule is Clc1ccc(Nc2cccc(-n3ncc4ccccc43)n2)cc1.Fc1cccc(Nc2ccc(Cl)cc2)n1.[H-].[Na+].c1ccc2[nH]ncc2c1. The quantitative estimate of drug-likeness (QED) is 0.132. The van der Waals surface area contributed by atoms with Crippen molar-refractivity contribution >= 4 is 68.0 Å². The van der Waals surface area contributed by atoms with E-state index in [4.69, 9.17) is 23.2 Å². The molecule has 0 aliphatic carbocycles. The van der Waals surface area contributed by atoms with Gasteiger partial charge in [0.05, 0.1) is 23.4 Å². The van der Waals surface area contributed by atoms with Crippen LogP contribution in [0, 0.1) is 5.95 Å². The molecule has 4 aromatic carbocycles. The van der Waals surface area contributed by atoms with Crippen LogP contribution in [0.25, 0.3) is 27.6 Å². The van der Waals surface area contributed by atoms with Crippen molar-refractivity contribution in [3.63, 3.8) is 0 Å². The molecule has 8 rings (SSSR count). The Kier molecular flexibility index (Phi) is 12.1. The van der Waals surface area contributed by atoms with Crippen molar-refractivity contribution in [2.24, 2.45) is 0 Å². The molecule has 4 aromatic heterocycles. The Labute approximate surface area is 309 Å². The summed E-state index contributed by atoms with van der Waals surface area (Å²) in [6.45, 7) is 0. The van der Waals surface area contributed by atoms with Gasteiger partial charge in [0.2, 0.25) is 5.95 Å². The van der Waals surface area contributed by atoms with E-state index in [1.54, 1.807) is 36.4 Å². The van der Waals surface area contributed by atoms with Crippen molar-refractivity contribution < 1.29 is 35.4 Å². The molecule has 0 atom stereocenters. The zero-order valence-electron chi connectivity index (χ0n) is 26.7. The zero-order chi connectivity index (χ0) is 32.4. The van der Waals surface area contributed by atoms with Gasteiger partial charge < -0.3 is 12.1 Å². The van der Waals surface area contributed by atoms with Crippen LogP contribution < -0.4 is 40.2 Å². The van der Waals surface area contributed by atoms with E-state index in [0.29, 0.717) is 15.9 Å². The van der Waals surface area contributed by atoms with E-state index in [0.717, 1.165) is 44.8 Å². The first-order valence-electron chi connectivity index (χ1n) is 14.5. The molecule has 0 unspecified atom stereocenters. The summed E-state index contributed by atoms with van der Waals surface area (Å²) in [5, 5.41) is 21.0. The number of halogens is 3. The molecule has 0 aliphatic heterocycles. The topological polar surface area (TPSA) is 96.3 Å². The average Bonchev–Trinajstić information content (AvgIpc) is 3.76. The Morgan fingerprint density at radius 3 is 1.83 bits per heavy atom. The second-order valence-corrected chi connectivity index (χ2v) is 10.9. The molecule has 0 saturated carbocycles. The molecule has 234 valence electrons. The van der Waals surface area contributed by atoms with Gasteiger partial charge in [-0.25, -0.2) is 14.6 Å². The first-order valence-corrected chi connectivity index (χ1v) is 15.2. The van der Waals surface area contributed by atoms with E-state index in [9.17, 15) is 4.39 Å². The van der Waals surface area contributed by atoms with E-state index in [2.05, 4.69) is 35.9 Å². The molecule has 4 heterocycles. The Bertz CT molecular complexity index is 2180. The van der Waals surface area contributed by atoms with E-state index >= 15 is 0 Å². The van der Waals surface area contributed by atoms with Gasteiger partial charge in [-0.15, -0.1) is 0 Å². The fraction of sp³-hybridized carbons (Fsp3) is 0. The minimum atomic E-state index is -0.506. The fourth-order valence-electron chi connectivity index (χ4n) is 4.49. The van der Waals surface area contributed by atoms with Crippen LogP contribution in [0.1, 0.15) is 1.43 Å². The van der Waals surface area contributed by atoms with Crippen LogP contribution in [0.5, 0.6) is 0 Å². The predicted molar refractivity (Wildman–Crippen MR) is 190 cm³/mol. The fourth-order valence-corrected chi connectivity index (χ4v) is 4.74. The summed E-state index contributed by atoms with van der Waals surface area (Å²) in [5.74, 6) is 1.49. The van der Waals surface area contributed by atoms with Crippen molar-refractivity contribution in [3.8, 4) is 5.82 Å². The van der Waals surface area contributed by atoms with E-state index in [1.165, 1.54) is 6.07 Å². The summed E-state index contributed by atoms with van der Waals surface area (Å²) in [4.78, 5) is 8.32. The van der Waals surface area contributed by atoms with Crippen LogP contribution in [0.15, 0.2) is 146 Å². The Balaban J connectivity index is 0.000000179. The summed E-state index contributed by atoms with van der Waals surface area (Å²) in [7, 11) is 0. The number of aromatic amines is 1. The Morgan fingerprint density at radius 1 is 0.604 bits per heavy atom. The minimum absolute atomic E-state index is 0. The van der Waals surface area contributed by atoms with Gasteiger partial charge in [-0.2, -0.15) is 14.6 Å². The summed E-state index contributed by atoms with van der Waals surface area (Å²) >= 11 is 11.6. The van der Waals surface area contributed by atoms with E-state index in [1.807, 2.05) is 108 Å². The standard InChI is InChI=1S/C18H13ClN4.C11H8ClFN2.C7H6N2.Na.H/c19-14-8-10-15(11-9-14)21-17-6-3-7-18(22-17)23-16-5-2-1-4-13(16)12-20-23;12-8-4-6-9(7-5-8)14-11-3-1-2-10(13)15-11;1-2-4-7-6(3-1)5-8-9-7;;/h1-12H,(H,21,22);1-7H,(H,14,15);1-5H,(H,8,9);;/q;;;+1;-1. The Morgan fingerprint density at radius 2 is 1.19 bits per heavy atom. The molecule has 0 spiro atoms. The number of benzene rings is 4. The van der Waals surface area contributed by atoms with Gasteiger partial charge >= 0.3 is 29.6 Å². The Hall–Kier alpha value is -4.77. The van der Waals surface area contributed by atoms with Crippen LogP contribution in [-0.4, -0.2) is 29.9 Å². The van der Waals surface area contributed by atoms with Crippen LogP contribution >= 0.6 is 23.2 Å². The molecule has 12 heteroatoms. The summed E-state index contributed by atoms with van der Waals surface area (Å²) in [6.07, 6.45) is 3.66. The average molecular weight is 686 g/mol. The van der Waals surface area contributed by atoms with Gasteiger partial charge in [0.25, 0.3) is 0 Å². The number of anilines is 4. The summed E-state index contributed by atoms with van der Waals surface area (Å²) < 4.78 is 14.6. The molecule has 3 N–H and O–H groups in total. The molecule has 48 heavy (non-hydrogen) atoms. The largest absolute Gasteiger partial charge is 1.00 e. The van der Waals surface area contributed by atoms with Crippen LogP contribution in [0.2, 0.25) is 10.0 Å². The van der Waals surface area contributed by atoms with E-state index < -0.39 is 5.95 Å². The van der Waals surface area contributed by atoms with Crippen LogP contribution in [-0.2, 0) is 0 Å². The first kappa shape index (κ1) is 34.6. The molecule has 0 radical (unpaired) electrons. The van der Waals surface area contributed by atoms with Crippen molar-refractivity contribution in [1.82, 2.24) is 29.9 Å². The van der Waals surface area contributed by atoms with Crippen molar-refractivity contribution in [3.05, 3.63) is 162 Å². The number of pyridine rings is 2. The number of aromatic nitrogens is 6. The number of fused-ring (bicyclic) bond motifs is 2.